The Morgan fingerprint density at radius 2 is 1.86 bits per heavy atom. The number of amides is 1. The van der Waals surface area contributed by atoms with E-state index in [1.807, 2.05) is 44.1 Å². The number of likely N-dealkylation sites (tertiary alicyclic amines) is 1. The lowest BCUT2D eigenvalue weighted by molar-refractivity contribution is -0.147. The number of rotatable bonds is 9. The molecule has 0 N–H and O–H groups in total. The van der Waals surface area contributed by atoms with Crippen LogP contribution in [0.2, 0.25) is 0 Å². The van der Waals surface area contributed by atoms with Crippen LogP contribution in [0.3, 0.4) is 0 Å². The molecule has 2 saturated carbocycles. The van der Waals surface area contributed by atoms with Gasteiger partial charge in [-0.3, -0.25) is 4.79 Å². The normalized spacial score (nSPS) is 29.7. The Bertz CT molecular complexity index is 1210. The van der Waals surface area contributed by atoms with Crippen LogP contribution in [0.5, 0.6) is 11.5 Å². The summed E-state index contributed by atoms with van der Waals surface area (Å²) in [7, 11) is 3.57. The third kappa shape index (κ3) is 5.45. The zero-order chi connectivity index (χ0) is 30.0. The van der Waals surface area contributed by atoms with Crippen molar-refractivity contribution in [3.8, 4) is 11.5 Å². The molecule has 6 atom stereocenters. The number of ether oxygens (including phenoxy) is 3. The molecule has 230 valence electrons. The highest BCUT2D eigenvalue weighted by Crippen LogP contribution is 2.62. The maximum Gasteiger partial charge on any atom is 0.219 e. The monoisotopic (exact) mass is 576 g/mol. The lowest BCUT2D eigenvalue weighted by Crippen LogP contribution is -2.67. The topological polar surface area (TPSA) is 51.2 Å². The van der Waals surface area contributed by atoms with Crippen molar-refractivity contribution >= 4 is 5.91 Å². The summed E-state index contributed by atoms with van der Waals surface area (Å²) in [5, 5.41) is 0. The van der Waals surface area contributed by atoms with Gasteiger partial charge in [0.1, 0.15) is 6.10 Å². The fourth-order valence-corrected chi connectivity index (χ4v) is 8.38. The smallest absolute Gasteiger partial charge is 0.219 e. The van der Waals surface area contributed by atoms with Crippen LogP contribution in [0, 0.1) is 17.8 Å². The highest BCUT2D eigenvalue weighted by Gasteiger charge is 2.65. The van der Waals surface area contributed by atoms with Crippen LogP contribution >= 0.6 is 0 Å². The van der Waals surface area contributed by atoms with E-state index in [-0.39, 0.29) is 29.4 Å². The van der Waals surface area contributed by atoms with Crippen LogP contribution in [0.15, 0.2) is 42.5 Å². The zero-order valence-corrected chi connectivity index (χ0v) is 26.9. The van der Waals surface area contributed by atoms with Crippen molar-refractivity contribution in [2.45, 2.75) is 96.9 Å². The average Bonchev–Trinajstić information content (AvgIpc) is 3.77. The first-order chi connectivity index (χ1) is 20.4. The standard InChI is InChI=1S/C34H46N2O4.C2H6/c1-6-26-14-15-29(38-4)32-30(26)34-16-17-35(19-25-12-13-25)22(2)28(34)18-27(31(39-5)33(34)40-32)21-36(23(3)37)20-24-10-8-7-9-11-24;1-2/h7-11,14-15,22,25,27-28,31,33H,6,12-13,16-21H2,1-5H3;1-2H3/t22?,27-,28?,31?,33+,34?;/m1./s1. The molecular formula is C36H52N2O4. The minimum Gasteiger partial charge on any atom is -0.493 e. The number of methoxy groups -OCH3 is 2. The lowest BCUT2D eigenvalue weighted by atomic mass is 9.52. The van der Waals surface area contributed by atoms with E-state index in [0.717, 1.165) is 48.8 Å². The van der Waals surface area contributed by atoms with E-state index < -0.39 is 0 Å². The molecule has 0 aromatic heterocycles. The van der Waals surface area contributed by atoms with E-state index in [1.54, 1.807) is 14.0 Å². The second-order valence-corrected chi connectivity index (χ2v) is 12.7. The van der Waals surface area contributed by atoms with Gasteiger partial charge in [0.05, 0.1) is 13.2 Å². The molecule has 2 aromatic rings. The summed E-state index contributed by atoms with van der Waals surface area (Å²) in [6, 6.07) is 15.1. The summed E-state index contributed by atoms with van der Waals surface area (Å²) >= 11 is 0. The van der Waals surface area contributed by atoms with Gasteiger partial charge in [-0.1, -0.05) is 57.2 Å². The highest BCUT2D eigenvalue weighted by atomic mass is 16.6. The number of hydrogen-bond donors (Lipinski definition) is 0. The molecule has 0 radical (unpaired) electrons. The van der Waals surface area contributed by atoms with E-state index in [9.17, 15) is 4.79 Å². The highest BCUT2D eigenvalue weighted by molar-refractivity contribution is 5.73. The first kappa shape index (κ1) is 30.9. The van der Waals surface area contributed by atoms with Crippen molar-refractivity contribution in [3.63, 3.8) is 0 Å². The molecular weight excluding hydrogens is 524 g/mol. The molecule has 6 nitrogen and oxygen atoms in total. The molecule has 6 rings (SSSR count). The molecule has 4 unspecified atom stereocenters. The lowest BCUT2D eigenvalue weighted by Gasteiger charge is -2.58. The van der Waals surface area contributed by atoms with Gasteiger partial charge in [-0.2, -0.15) is 0 Å². The SMILES string of the molecule is CC.CCc1ccc(OC)c2c1C13CCN(CC4CC4)C(C)C1C[C@H](CN(Cc1ccccc1)C(C)=O)C(OC)[C@@H]3O2. The summed E-state index contributed by atoms with van der Waals surface area (Å²) in [4.78, 5) is 17.7. The number of hydrogen-bond acceptors (Lipinski definition) is 5. The van der Waals surface area contributed by atoms with Crippen LogP contribution in [0.4, 0.5) is 0 Å². The van der Waals surface area contributed by atoms with Gasteiger partial charge in [-0.05, 0) is 74.6 Å². The first-order valence-electron chi connectivity index (χ1n) is 16.3. The molecule has 2 heterocycles. The second-order valence-electron chi connectivity index (χ2n) is 12.7. The number of nitrogens with zero attached hydrogens (tertiary/aromatic N) is 2. The van der Waals surface area contributed by atoms with Gasteiger partial charge in [0.2, 0.25) is 5.91 Å². The fourth-order valence-electron chi connectivity index (χ4n) is 8.38. The fraction of sp³-hybridized carbons (Fsp3) is 0.639. The molecule has 42 heavy (non-hydrogen) atoms. The Morgan fingerprint density at radius 3 is 2.48 bits per heavy atom. The minimum absolute atomic E-state index is 0.103. The van der Waals surface area contributed by atoms with Crippen LogP contribution in [0.25, 0.3) is 0 Å². The van der Waals surface area contributed by atoms with Gasteiger partial charge in [0, 0.05) is 56.6 Å². The van der Waals surface area contributed by atoms with Gasteiger partial charge in [0.25, 0.3) is 0 Å². The molecule has 0 bridgehead atoms. The van der Waals surface area contributed by atoms with E-state index >= 15 is 0 Å². The van der Waals surface area contributed by atoms with Crippen molar-refractivity contribution in [2.75, 3.05) is 33.9 Å². The van der Waals surface area contributed by atoms with Crippen LogP contribution in [-0.4, -0.2) is 67.8 Å². The predicted molar refractivity (Wildman–Crippen MR) is 168 cm³/mol. The quantitative estimate of drug-likeness (QED) is 0.342. The predicted octanol–water partition coefficient (Wildman–Crippen LogP) is 6.49. The number of benzene rings is 2. The summed E-state index contributed by atoms with van der Waals surface area (Å²) in [6.45, 7) is 14.0. The second kappa shape index (κ2) is 13.0. The minimum atomic E-state index is -0.119. The third-order valence-electron chi connectivity index (χ3n) is 10.6. The molecule has 1 amide bonds. The van der Waals surface area contributed by atoms with Gasteiger partial charge in [-0.15, -0.1) is 0 Å². The number of carbonyl (C=O) groups excluding carboxylic acids is 1. The Labute approximate surface area is 253 Å². The molecule has 2 aliphatic carbocycles. The van der Waals surface area contributed by atoms with E-state index in [4.69, 9.17) is 14.2 Å². The molecule has 3 fully saturated rings. The van der Waals surface area contributed by atoms with Crippen LogP contribution in [-0.2, 0) is 27.9 Å². The van der Waals surface area contributed by atoms with E-state index in [2.05, 4.69) is 43.0 Å². The Morgan fingerprint density at radius 1 is 1.12 bits per heavy atom. The summed E-state index contributed by atoms with van der Waals surface area (Å²) in [6.07, 6.45) is 5.57. The van der Waals surface area contributed by atoms with Gasteiger partial charge in [-0.25, -0.2) is 0 Å². The van der Waals surface area contributed by atoms with Crippen molar-refractivity contribution in [3.05, 3.63) is 59.2 Å². The van der Waals surface area contributed by atoms with Crippen LogP contribution in [0.1, 0.15) is 77.0 Å². The Hall–Kier alpha value is -2.57. The van der Waals surface area contributed by atoms with Crippen molar-refractivity contribution in [1.82, 2.24) is 9.80 Å². The van der Waals surface area contributed by atoms with Gasteiger partial charge < -0.3 is 24.0 Å². The van der Waals surface area contributed by atoms with Crippen molar-refractivity contribution in [2.24, 2.45) is 17.8 Å². The van der Waals surface area contributed by atoms with Gasteiger partial charge in [0.15, 0.2) is 11.5 Å². The molecule has 2 aromatic carbocycles. The first-order valence-corrected chi connectivity index (χ1v) is 16.3. The summed E-state index contributed by atoms with van der Waals surface area (Å²) < 4.78 is 19.3. The maximum absolute atomic E-state index is 12.9. The van der Waals surface area contributed by atoms with E-state index in [1.165, 1.54) is 30.5 Å². The maximum atomic E-state index is 12.9. The zero-order valence-electron chi connectivity index (χ0n) is 26.9. The Kier molecular flexibility index (Phi) is 9.53. The number of piperidine rings is 1. The summed E-state index contributed by atoms with van der Waals surface area (Å²) in [5.41, 5.74) is 3.77. The summed E-state index contributed by atoms with van der Waals surface area (Å²) in [5.74, 6) is 3.29. The number of fused-ring (bicyclic) bond motifs is 1. The number of carbonyl (C=O) groups is 1. The molecule has 6 heteroatoms. The van der Waals surface area contributed by atoms with Crippen molar-refractivity contribution < 1.29 is 19.0 Å². The molecule has 1 spiro atoms. The molecule has 4 aliphatic rings. The van der Waals surface area contributed by atoms with Crippen LogP contribution < -0.4 is 9.47 Å². The average molecular weight is 577 g/mol. The Balaban J connectivity index is 0.00000173. The largest absolute Gasteiger partial charge is 0.493 e. The third-order valence-corrected chi connectivity index (χ3v) is 10.6. The van der Waals surface area contributed by atoms with Gasteiger partial charge >= 0.3 is 0 Å². The van der Waals surface area contributed by atoms with E-state index in [0.29, 0.717) is 25.0 Å². The molecule has 1 saturated heterocycles. The van der Waals surface area contributed by atoms with Crippen molar-refractivity contribution in [1.29, 1.82) is 0 Å². The molecule has 2 aliphatic heterocycles. The number of aryl methyl sites for hydroxylation is 1.